The molecular formula is C14H20N6S. The molecule has 2 N–H and O–H groups in total. The van der Waals surface area contributed by atoms with Crippen LogP contribution in [0.1, 0.15) is 12.1 Å². The van der Waals surface area contributed by atoms with E-state index in [0.717, 1.165) is 56.2 Å². The number of nitrogens with one attached hydrogen (secondary N) is 2. The molecular weight excluding hydrogens is 284 g/mol. The van der Waals surface area contributed by atoms with E-state index in [-0.39, 0.29) is 0 Å². The number of pyridine rings is 1. The van der Waals surface area contributed by atoms with Gasteiger partial charge in [0.15, 0.2) is 5.11 Å². The van der Waals surface area contributed by atoms with Gasteiger partial charge >= 0.3 is 0 Å². The normalized spacial score (nSPS) is 20.3. The van der Waals surface area contributed by atoms with Crippen molar-refractivity contribution in [1.82, 2.24) is 20.6 Å². The molecule has 3 rings (SSSR count). The lowest BCUT2D eigenvalue weighted by Crippen LogP contribution is -2.49. The molecule has 21 heavy (non-hydrogen) atoms. The summed E-state index contributed by atoms with van der Waals surface area (Å²) in [5.41, 5.74) is 6.08. The minimum Gasteiger partial charge on any atom is -0.372 e. The summed E-state index contributed by atoms with van der Waals surface area (Å²) in [4.78, 5) is 8.81. The lowest BCUT2D eigenvalue weighted by molar-refractivity contribution is 0.353. The first kappa shape index (κ1) is 14.2. The Morgan fingerprint density at radius 2 is 2.19 bits per heavy atom. The molecule has 0 unspecified atom stereocenters. The third-order valence-electron chi connectivity index (χ3n) is 3.85. The summed E-state index contributed by atoms with van der Waals surface area (Å²) in [5.74, 6) is 0. The number of aromatic nitrogens is 1. The summed E-state index contributed by atoms with van der Waals surface area (Å²) in [6, 6.07) is 4.03. The molecule has 1 fully saturated rings. The Hall–Kier alpha value is -1.73. The van der Waals surface area contributed by atoms with Crippen molar-refractivity contribution < 1.29 is 0 Å². The smallest absolute Gasteiger partial charge is 0.189 e. The number of rotatable bonds is 1. The van der Waals surface area contributed by atoms with Crippen LogP contribution in [-0.4, -0.2) is 60.5 Å². The summed E-state index contributed by atoms with van der Waals surface area (Å²) >= 11 is 5.41. The second kappa shape index (κ2) is 6.36. The molecule has 2 aliphatic heterocycles. The minimum atomic E-state index is 0.695. The molecule has 3 heterocycles. The number of hydrazone groups is 1. The van der Waals surface area contributed by atoms with Gasteiger partial charge in [-0.2, -0.15) is 5.10 Å². The van der Waals surface area contributed by atoms with Gasteiger partial charge in [0.1, 0.15) is 5.69 Å². The van der Waals surface area contributed by atoms with Crippen LogP contribution in [0.3, 0.4) is 0 Å². The highest BCUT2D eigenvalue weighted by atomic mass is 32.1. The fourth-order valence-corrected chi connectivity index (χ4v) is 2.83. The molecule has 0 saturated carbocycles. The third kappa shape index (κ3) is 3.14. The number of fused-ring (bicyclic) bond motifs is 1. The van der Waals surface area contributed by atoms with Crippen LogP contribution in [0.5, 0.6) is 0 Å². The number of thiocarbonyl (C=S) groups is 1. The van der Waals surface area contributed by atoms with E-state index in [9.17, 15) is 0 Å². The van der Waals surface area contributed by atoms with Crippen LogP contribution in [-0.2, 0) is 0 Å². The van der Waals surface area contributed by atoms with Crippen molar-refractivity contribution in [3.05, 3.63) is 24.0 Å². The van der Waals surface area contributed by atoms with Crippen molar-refractivity contribution in [1.29, 1.82) is 0 Å². The topological polar surface area (TPSA) is 55.8 Å². The van der Waals surface area contributed by atoms with Crippen LogP contribution >= 0.6 is 12.2 Å². The molecule has 6 nitrogen and oxygen atoms in total. The highest BCUT2D eigenvalue weighted by molar-refractivity contribution is 7.80. The van der Waals surface area contributed by atoms with E-state index in [1.807, 2.05) is 12.3 Å². The van der Waals surface area contributed by atoms with Crippen molar-refractivity contribution in [2.24, 2.45) is 5.10 Å². The number of hydrogen-bond donors (Lipinski definition) is 2. The van der Waals surface area contributed by atoms with E-state index in [2.05, 4.69) is 43.7 Å². The van der Waals surface area contributed by atoms with Gasteiger partial charge in [-0.1, -0.05) is 0 Å². The van der Waals surface area contributed by atoms with E-state index in [1.54, 1.807) is 0 Å². The Balaban J connectivity index is 1.72. The Labute approximate surface area is 130 Å². The predicted octanol–water partition coefficient (Wildman–Crippen LogP) is 0.405. The van der Waals surface area contributed by atoms with Crippen molar-refractivity contribution >= 4 is 28.7 Å². The zero-order chi connectivity index (χ0) is 14.7. The second-order valence-corrected chi connectivity index (χ2v) is 5.64. The standard InChI is InChI=1S/C14H20N6S/c1-19-8-4-11(13-12(19)3-2-5-16-13)17-18-14(21)20-9-6-15-7-10-20/h2-3,5,15H,4,6-10H2,1H3,(H,18,21)/b17-11-. The Kier molecular flexibility index (Phi) is 4.31. The van der Waals surface area contributed by atoms with Gasteiger partial charge in [-0.15, -0.1) is 0 Å². The zero-order valence-corrected chi connectivity index (χ0v) is 13.0. The monoisotopic (exact) mass is 304 g/mol. The van der Waals surface area contributed by atoms with E-state index >= 15 is 0 Å². The van der Waals surface area contributed by atoms with Crippen molar-refractivity contribution in [3.63, 3.8) is 0 Å². The molecule has 0 radical (unpaired) electrons. The zero-order valence-electron chi connectivity index (χ0n) is 12.2. The van der Waals surface area contributed by atoms with Crippen LogP contribution in [0.2, 0.25) is 0 Å². The maximum absolute atomic E-state index is 5.41. The quantitative estimate of drug-likeness (QED) is 0.579. The van der Waals surface area contributed by atoms with E-state index < -0.39 is 0 Å². The molecule has 2 aliphatic rings. The molecule has 112 valence electrons. The maximum Gasteiger partial charge on any atom is 0.189 e. The maximum atomic E-state index is 5.41. The van der Waals surface area contributed by atoms with Gasteiger partial charge < -0.3 is 15.1 Å². The summed E-state index contributed by atoms with van der Waals surface area (Å²) in [5, 5.41) is 8.52. The molecule has 0 aromatic carbocycles. The number of piperazine rings is 1. The Morgan fingerprint density at radius 1 is 1.38 bits per heavy atom. The van der Waals surface area contributed by atoms with Crippen LogP contribution < -0.4 is 15.6 Å². The van der Waals surface area contributed by atoms with Crippen molar-refractivity contribution in [2.45, 2.75) is 6.42 Å². The first-order valence-electron chi connectivity index (χ1n) is 7.24. The Morgan fingerprint density at radius 3 is 3.00 bits per heavy atom. The van der Waals surface area contributed by atoms with Gasteiger partial charge in [-0.05, 0) is 24.4 Å². The van der Waals surface area contributed by atoms with Crippen LogP contribution in [0, 0.1) is 0 Å². The van der Waals surface area contributed by atoms with E-state index in [0.29, 0.717) is 5.11 Å². The molecule has 1 aromatic rings. The van der Waals surface area contributed by atoms with Crippen LogP contribution in [0.25, 0.3) is 0 Å². The average Bonchev–Trinajstić information content (AvgIpc) is 2.55. The number of nitrogens with zero attached hydrogens (tertiary/aromatic N) is 4. The largest absolute Gasteiger partial charge is 0.372 e. The lowest BCUT2D eigenvalue weighted by Gasteiger charge is -2.30. The summed E-state index contributed by atoms with van der Waals surface area (Å²) in [7, 11) is 2.08. The van der Waals surface area contributed by atoms with Crippen molar-refractivity contribution in [3.8, 4) is 0 Å². The lowest BCUT2D eigenvalue weighted by atomic mass is 10.1. The first-order valence-corrected chi connectivity index (χ1v) is 7.65. The molecule has 0 aliphatic carbocycles. The van der Waals surface area contributed by atoms with E-state index in [4.69, 9.17) is 12.2 Å². The van der Waals surface area contributed by atoms with Gasteiger partial charge in [-0.25, -0.2) is 0 Å². The second-order valence-electron chi connectivity index (χ2n) is 5.26. The van der Waals surface area contributed by atoms with Gasteiger partial charge in [0, 0.05) is 52.4 Å². The SMILES string of the molecule is CN1CC/C(=N/NC(=S)N2CCNCC2)c2ncccc21. The number of anilines is 1. The summed E-state index contributed by atoms with van der Waals surface area (Å²) in [6.07, 6.45) is 2.68. The first-order chi connectivity index (χ1) is 10.3. The molecule has 0 atom stereocenters. The fourth-order valence-electron chi connectivity index (χ4n) is 2.60. The van der Waals surface area contributed by atoms with Gasteiger partial charge in [-0.3, -0.25) is 10.4 Å². The highest BCUT2D eigenvalue weighted by Gasteiger charge is 2.20. The number of hydrogen-bond acceptors (Lipinski definition) is 5. The molecule has 0 spiro atoms. The van der Waals surface area contributed by atoms with Gasteiger partial charge in [0.25, 0.3) is 0 Å². The molecule has 0 amide bonds. The Bertz CT molecular complexity index is 552. The molecule has 0 bridgehead atoms. The molecule has 1 aromatic heterocycles. The van der Waals surface area contributed by atoms with Gasteiger partial charge in [0.05, 0.1) is 11.4 Å². The fraction of sp³-hybridized carbons (Fsp3) is 0.500. The van der Waals surface area contributed by atoms with E-state index in [1.165, 1.54) is 0 Å². The minimum absolute atomic E-state index is 0.695. The van der Waals surface area contributed by atoms with Crippen molar-refractivity contribution in [2.75, 3.05) is 44.7 Å². The highest BCUT2D eigenvalue weighted by Crippen LogP contribution is 2.23. The van der Waals surface area contributed by atoms with Crippen LogP contribution in [0.4, 0.5) is 5.69 Å². The van der Waals surface area contributed by atoms with Gasteiger partial charge in [0.2, 0.25) is 0 Å². The summed E-state index contributed by atoms with van der Waals surface area (Å²) < 4.78 is 0. The van der Waals surface area contributed by atoms with Crippen LogP contribution in [0.15, 0.2) is 23.4 Å². The molecule has 1 saturated heterocycles. The third-order valence-corrected chi connectivity index (χ3v) is 4.20. The molecule has 7 heteroatoms. The summed E-state index contributed by atoms with van der Waals surface area (Å²) in [6.45, 7) is 4.73. The predicted molar refractivity (Wildman–Crippen MR) is 88.8 cm³/mol. The average molecular weight is 304 g/mol.